The zero-order chi connectivity index (χ0) is 21.3. The van der Waals surface area contributed by atoms with E-state index >= 15 is 0 Å². The molecular weight excluding hydrogens is 403 g/mol. The van der Waals surface area contributed by atoms with Gasteiger partial charge in [-0.1, -0.05) is 61.7 Å². The molecule has 0 bridgehead atoms. The molecule has 160 valence electrons. The van der Waals surface area contributed by atoms with Crippen molar-refractivity contribution in [2.24, 2.45) is 0 Å². The van der Waals surface area contributed by atoms with E-state index in [-0.39, 0.29) is 29.6 Å². The quantitative estimate of drug-likeness (QED) is 0.621. The Balaban J connectivity index is 1.86. The number of hydrogen-bond donors (Lipinski definition) is 1. The van der Waals surface area contributed by atoms with Crippen molar-refractivity contribution in [1.29, 1.82) is 0 Å². The number of carbonyl (C=O) groups excluding carboxylic acids is 2. The van der Waals surface area contributed by atoms with Crippen LogP contribution in [0.3, 0.4) is 0 Å². The lowest BCUT2D eigenvalue weighted by Gasteiger charge is -2.33. The van der Waals surface area contributed by atoms with Crippen molar-refractivity contribution in [2.75, 3.05) is 12.4 Å². The van der Waals surface area contributed by atoms with Crippen LogP contribution in [-0.4, -0.2) is 35.2 Å². The molecule has 0 heterocycles. The first-order valence-electron chi connectivity index (χ1n) is 10.5. The maximum absolute atomic E-state index is 13.5. The van der Waals surface area contributed by atoms with Crippen LogP contribution in [0.15, 0.2) is 54.6 Å². The lowest BCUT2D eigenvalue weighted by Crippen LogP contribution is -2.48. The predicted octanol–water partition coefficient (Wildman–Crippen LogP) is 4.63. The van der Waals surface area contributed by atoms with Gasteiger partial charge in [-0.3, -0.25) is 9.59 Å². The molecule has 2 aromatic carbocycles. The molecule has 1 saturated carbocycles. The number of benzene rings is 2. The Hall–Kier alpha value is -2.40. The van der Waals surface area contributed by atoms with Gasteiger partial charge in [0.05, 0.1) is 0 Å². The zero-order valence-corrected chi connectivity index (χ0v) is 17.8. The first kappa shape index (κ1) is 22.3. The fraction of sp³-hybridized carbons (Fsp3) is 0.417. The summed E-state index contributed by atoms with van der Waals surface area (Å²) in [5.41, 5.74) is 1.65. The monoisotopic (exact) mass is 430 g/mol. The highest BCUT2D eigenvalue weighted by Crippen LogP contribution is 2.25. The number of hydrogen-bond acceptors (Lipinski definition) is 2. The van der Waals surface area contributed by atoms with Gasteiger partial charge in [0, 0.05) is 12.6 Å². The van der Waals surface area contributed by atoms with Gasteiger partial charge in [0.1, 0.15) is 17.7 Å². The van der Waals surface area contributed by atoms with Crippen molar-refractivity contribution >= 4 is 23.4 Å². The highest BCUT2D eigenvalue weighted by molar-refractivity contribution is 6.27. The van der Waals surface area contributed by atoms with E-state index in [2.05, 4.69) is 5.32 Å². The standard InChI is InChI=1S/C24H28ClFN2O2/c25-17-22(29)28(16-15-18-7-3-1-4-8-18)23(19-11-13-20(26)14-12-19)24(30)27-21-9-5-2-6-10-21/h1,3-4,7-8,11-14,21,23H,2,5-6,9-10,15-17H2,(H,27,30). The molecule has 1 unspecified atom stereocenters. The molecular formula is C24H28ClFN2O2. The Labute approximate surface area is 182 Å². The van der Waals surface area contributed by atoms with Crippen LogP contribution in [0.25, 0.3) is 0 Å². The van der Waals surface area contributed by atoms with E-state index in [1.54, 1.807) is 12.1 Å². The number of amides is 2. The molecule has 1 atom stereocenters. The molecule has 1 fully saturated rings. The van der Waals surface area contributed by atoms with E-state index in [9.17, 15) is 14.0 Å². The van der Waals surface area contributed by atoms with Gasteiger partial charge in [-0.05, 0) is 42.5 Å². The van der Waals surface area contributed by atoms with E-state index in [1.165, 1.54) is 23.5 Å². The summed E-state index contributed by atoms with van der Waals surface area (Å²) in [6.07, 6.45) is 5.83. The fourth-order valence-corrected chi connectivity index (χ4v) is 4.17. The molecule has 1 aliphatic rings. The number of carbonyl (C=O) groups is 2. The Morgan fingerprint density at radius 2 is 1.70 bits per heavy atom. The Kier molecular flexibility index (Phi) is 8.26. The molecule has 1 aliphatic carbocycles. The lowest BCUT2D eigenvalue weighted by molar-refractivity contribution is -0.139. The number of rotatable bonds is 8. The smallest absolute Gasteiger partial charge is 0.247 e. The second-order valence-electron chi connectivity index (χ2n) is 7.75. The van der Waals surface area contributed by atoms with Crippen molar-refractivity contribution in [3.05, 3.63) is 71.5 Å². The Bertz CT molecular complexity index is 823. The van der Waals surface area contributed by atoms with Crippen molar-refractivity contribution in [3.63, 3.8) is 0 Å². The number of nitrogens with zero attached hydrogens (tertiary/aromatic N) is 1. The van der Waals surface area contributed by atoms with Gasteiger partial charge < -0.3 is 10.2 Å². The highest BCUT2D eigenvalue weighted by atomic mass is 35.5. The maximum atomic E-state index is 13.5. The van der Waals surface area contributed by atoms with Gasteiger partial charge >= 0.3 is 0 Å². The third-order valence-corrected chi connectivity index (χ3v) is 5.84. The van der Waals surface area contributed by atoms with Crippen LogP contribution in [0.2, 0.25) is 0 Å². The second kappa shape index (κ2) is 11.1. The van der Waals surface area contributed by atoms with Gasteiger partial charge in [0.2, 0.25) is 11.8 Å². The molecule has 0 radical (unpaired) electrons. The maximum Gasteiger partial charge on any atom is 0.247 e. The van der Waals surface area contributed by atoms with Crippen LogP contribution in [-0.2, 0) is 16.0 Å². The van der Waals surface area contributed by atoms with E-state index in [0.29, 0.717) is 18.5 Å². The van der Waals surface area contributed by atoms with Gasteiger partial charge in [0.25, 0.3) is 0 Å². The molecule has 0 saturated heterocycles. The van der Waals surface area contributed by atoms with Crippen LogP contribution in [0.1, 0.15) is 49.3 Å². The molecule has 6 heteroatoms. The summed E-state index contributed by atoms with van der Waals surface area (Å²) in [5.74, 6) is -1.16. The molecule has 30 heavy (non-hydrogen) atoms. The summed E-state index contributed by atoms with van der Waals surface area (Å²) in [4.78, 5) is 27.6. The topological polar surface area (TPSA) is 49.4 Å². The lowest BCUT2D eigenvalue weighted by atomic mass is 9.94. The summed E-state index contributed by atoms with van der Waals surface area (Å²) in [7, 11) is 0. The minimum absolute atomic E-state index is 0.108. The Morgan fingerprint density at radius 3 is 2.33 bits per heavy atom. The Morgan fingerprint density at radius 1 is 1.03 bits per heavy atom. The fourth-order valence-electron chi connectivity index (χ4n) is 4.01. The zero-order valence-electron chi connectivity index (χ0n) is 17.0. The molecule has 0 spiro atoms. The van der Waals surface area contributed by atoms with Crippen molar-refractivity contribution in [3.8, 4) is 0 Å². The summed E-state index contributed by atoms with van der Waals surface area (Å²) in [5, 5.41) is 3.12. The minimum Gasteiger partial charge on any atom is -0.351 e. The molecule has 4 nitrogen and oxygen atoms in total. The largest absolute Gasteiger partial charge is 0.351 e. The van der Waals surface area contributed by atoms with E-state index in [0.717, 1.165) is 31.2 Å². The third-order valence-electron chi connectivity index (χ3n) is 5.62. The van der Waals surface area contributed by atoms with Crippen LogP contribution >= 0.6 is 11.6 Å². The summed E-state index contributed by atoms with van der Waals surface area (Å²) < 4.78 is 13.5. The average molecular weight is 431 g/mol. The third kappa shape index (κ3) is 6.05. The molecule has 2 amide bonds. The van der Waals surface area contributed by atoms with E-state index in [4.69, 9.17) is 11.6 Å². The van der Waals surface area contributed by atoms with E-state index < -0.39 is 6.04 Å². The summed E-state index contributed by atoms with van der Waals surface area (Å²) >= 11 is 5.90. The molecule has 0 aliphatic heterocycles. The summed E-state index contributed by atoms with van der Waals surface area (Å²) in [6, 6.07) is 14.8. The molecule has 1 N–H and O–H groups in total. The first-order chi connectivity index (χ1) is 14.6. The second-order valence-corrected chi connectivity index (χ2v) is 8.02. The summed E-state index contributed by atoms with van der Waals surface area (Å²) in [6.45, 7) is 0.343. The molecule has 0 aromatic heterocycles. The van der Waals surface area contributed by atoms with Gasteiger partial charge in [0.15, 0.2) is 0 Å². The molecule has 2 aromatic rings. The number of alkyl halides is 1. The first-order valence-corrected chi connectivity index (χ1v) is 11.1. The van der Waals surface area contributed by atoms with Crippen LogP contribution < -0.4 is 5.32 Å². The van der Waals surface area contributed by atoms with Crippen LogP contribution in [0, 0.1) is 5.82 Å². The predicted molar refractivity (Wildman–Crippen MR) is 117 cm³/mol. The van der Waals surface area contributed by atoms with Gasteiger partial charge in [-0.15, -0.1) is 11.6 Å². The van der Waals surface area contributed by atoms with Crippen molar-refractivity contribution in [2.45, 2.75) is 50.6 Å². The van der Waals surface area contributed by atoms with E-state index in [1.807, 2.05) is 30.3 Å². The number of halogens is 2. The minimum atomic E-state index is -0.845. The van der Waals surface area contributed by atoms with Gasteiger partial charge in [-0.25, -0.2) is 4.39 Å². The highest BCUT2D eigenvalue weighted by Gasteiger charge is 2.32. The van der Waals surface area contributed by atoms with Crippen molar-refractivity contribution < 1.29 is 14.0 Å². The molecule has 3 rings (SSSR count). The van der Waals surface area contributed by atoms with Crippen molar-refractivity contribution in [1.82, 2.24) is 10.2 Å². The van der Waals surface area contributed by atoms with Gasteiger partial charge in [-0.2, -0.15) is 0 Å². The van der Waals surface area contributed by atoms with Crippen LogP contribution in [0.4, 0.5) is 4.39 Å². The van der Waals surface area contributed by atoms with Crippen LogP contribution in [0.5, 0.6) is 0 Å². The average Bonchev–Trinajstić information content (AvgIpc) is 2.78. The number of nitrogens with one attached hydrogen (secondary N) is 1. The normalized spacial score (nSPS) is 15.4. The SMILES string of the molecule is O=C(NC1CCCCC1)C(c1ccc(F)cc1)N(CCc1ccccc1)C(=O)CCl.